The molecular formula is C16H14N5O4S-. The quantitative estimate of drug-likeness (QED) is 0.529. The van der Waals surface area contributed by atoms with Gasteiger partial charge >= 0.3 is 0 Å². The third-order valence-corrected chi connectivity index (χ3v) is 5.10. The molecule has 0 saturated carbocycles. The van der Waals surface area contributed by atoms with E-state index in [1.807, 2.05) is 6.07 Å². The number of phenolic OH excluding ortho intramolecular Hbond substituents is 1. The minimum Gasteiger partial charge on any atom is -0.612 e. The number of benzene rings is 1. The molecular weight excluding hydrogens is 358 g/mol. The first-order valence-corrected chi connectivity index (χ1v) is 8.50. The number of methoxy groups -OCH3 is 1. The standard InChI is InChI=1S/C16H14N5O4S/c1-25-13-8-10(4-7-12(13)22)15-19-20-14(17-18-16(20)26-15)9-2-5-11(6-3-9)21(23)24/h2-8,15,17,19H,1H3,(H-,22,23,24)/q-1/t15-/m0/s1. The summed E-state index contributed by atoms with van der Waals surface area (Å²) in [7, 11) is 1.50. The average molecular weight is 372 g/mol. The van der Waals surface area contributed by atoms with Crippen molar-refractivity contribution in [1.29, 1.82) is 0 Å². The molecule has 1 atom stereocenters. The molecule has 26 heavy (non-hydrogen) atoms. The number of allylic oxidation sites excluding steroid dienone is 5. The van der Waals surface area contributed by atoms with E-state index in [2.05, 4.69) is 16.0 Å². The molecule has 0 amide bonds. The lowest BCUT2D eigenvalue weighted by Gasteiger charge is -2.19. The molecule has 1 saturated heterocycles. The second kappa shape index (κ2) is 6.32. The van der Waals surface area contributed by atoms with Gasteiger partial charge < -0.3 is 20.3 Å². The molecule has 134 valence electrons. The Kier molecular flexibility index (Phi) is 3.98. The first-order valence-electron chi connectivity index (χ1n) is 7.62. The molecule has 3 aliphatic rings. The Bertz CT molecular complexity index is 899. The van der Waals surface area contributed by atoms with Gasteiger partial charge in [0.15, 0.2) is 17.3 Å². The molecule has 0 aromatic heterocycles. The summed E-state index contributed by atoms with van der Waals surface area (Å²) in [5.74, 6) is 1.17. The van der Waals surface area contributed by atoms with Crippen LogP contribution >= 0.6 is 11.8 Å². The summed E-state index contributed by atoms with van der Waals surface area (Å²) >= 11 is 1.50. The minimum atomic E-state index is -0.434. The molecule has 1 aromatic rings. The highest BCUT2D eigenvalue weighted by atomic mass is 32.2. The third-order valence-electron chi connectivity index (χ3n) is 4.00. The Hall–Kier alpha value is -3.11. The van der Waals surface area contributed by atoms with Crippen LogP contribution in [0.2, 0.25) is 0 Å². The van der Waals surface area contributed by atoms with Crippen molar-refractivity contribution in [3.8, 4) is 11.5 Å². The van der Waals surface area contributed by atoms with Gasteiger partial charge in [-0.2, -0.15) is 4.90 Å². The maximum absolute atomic E-state index is 10.8. The minimum absolute atomic E-state index is 0.0336. The summed E-state index contributed by atoms with van der Waals surface area (Å²) in [4.78, 5) is -0.434. The van der Waals surface area contributed by atoms with Crippen LogP contribution in [-0.4, -0.2) is 33.0 Å². The van der Waals surface area contributed by atoms with E-state index in [1.54, 1.807) is 29.3 Å². The summed E-state index contributed by atoms with van der Waals surface area (Å²) < 4.78 is 5.16. The number of ether oxygens (including phenoxy) is 1. The molecule has 10 heteroatoms. The lowest BCUT2D eigenvalue weighted by molar-refractivity contribution is -0.377. The van der Waals surface area contributed by atoms with Crippen LogP contribution in [0, 0.1) is 10.4 Å². The number of phenols is 1. The van der Waals surface area contributed by atoms with Crippen LogP contribution < -0.4 is 15.6 Å². The molecule has 1 aromatic carbocycles. The van der Waals surface area contributed by atoms with Gasteiger partial charge in [-0.1, -0.05) is 17.8 Å². The summed E-state index contributed by atoms with van der Waals surface area (Å²) in [6.45, 7) is 0. The van der Waals surface area contributed by atoms with Crippen LogP contribution in [0.1, 0.15) is 10.9 Å². The predicted octanol–water partition coefficient (Wildman–Crippen LogP) is 1.61. The van der Waals surface area contributed by atoms with E-state index in [1.165, 1.54) is 31.0 Å². The van der Waals surface area contributed by atoms with Crippen LogP contribution in [0.4, 0.5) is 0 Å². The van der Waals surface area contributed by atoms with E-state index in [9.17, 15) is 15.5 Å². The molecule has 0 bridgehead atoms. The fourth-order valence-electron chi connectivity index (χ4n) is 2.68. The van der Waals surface area contributed by atoms with Crippen molar-refractivity contribution >= 4 is 22.6 Å². The van der Waals surface area contributed by atoms with Crippen molar-refractivity contribution < 1.29 is 14.7 Å². The van der Waals surface area contributed by atoms with E-state index >= 15 is 0 Å². The normalized spacial score (nSPS) is 21.0. The summed E-state index contributed by atoms with van der Waals surface area (Å²) in [5, 5.41) is 38.1. The van der Waals surface area contributed by atoms with E-state index in [0.29, 0.717) is 11.6 Å². The number of nitrogens with one attached hydrogen (secondary N) is 2. The monoisotopic (exact) mass is 372 g/mol. The molecule has 1 fully saturated rings. The highest BCUT2D eigenvalue weighted by molar-refractivity contribution is 8.14. The summed E-state index contributed by atoms with van der Waals surface area (Å²) in [5.41, 5.74) is 7.99. The van der Waals surface area contributed by atoms with Crippen molar-refractivity contribution in [2.75, 3.05) is 7.11 Å². The summed E-state index contributed by atoms with van der Waals surface area (Å²) in [6.07, 6.45) is 6.24. The number of aromatic hydroxyl groups is 1. The number of nitrogens with zero attached hydrogens (tertiary/aromatic N) is 3. The Morgan fingerprint density at radius 1 is 1.27 bits per heavy atom. The molecule has 3 N–H and O–H groups in total. The number of hydrogen-bond donors (Lipinski definition) is 3. The maximum atomic E-state index is 10.8. The van der Waals surface area contributed by atoms with Gasteiger partial charge in [-0.3, -0.25) is 5.43 Å². The highest BCUT2D eigenvalue weighted by Crippen LogP contribution is 2.40. The second-order valence-electron chi connectivity index (χ2n) is 5.55. The fraction of sp³-hybridized carbons (Fsp3) is 0.125. The first-order chi connectivity index (χ1) is 12.6. The topological polar surface area (TPSA) is 118 Å². The molecule has 0 unspecified atom stereocenters. The molecule has 4 rings (SSSR count). The highest BCUT2D eigenvalue weighted by Gasteiger charge is 2.36. The Balaban J connectivity index is 1.58. The van der Waals surface area contributed by atoms with Crippen molar-refractivity contribution in [2.24, 2.45) is 5.10 Å². The molecule has 1 aliphatic carbocycles. The zero-order valence-electron chi connectivity index (χ0n) is 13.5. The lowest BCUT2D eigenvalue weighted by Crippen LogP contribution is -2.34. The number of fused-ring (bicyclic) bond motifs is 1. The van der Waals surface area contributed by atoms with Gasteiger partial charge in [-0.05, 0) is 29.8 Å². The van der Waals surface area contributed by atoms with E-state index in [-0.39, 0.29) is 16.8 Å². The Morgan fingerprint density at radius 2 is 2.04 bits per heavy atom. The molecule has 9 nitrogen and oxygen atoms in total. The van der Waals surface area contributed by atoms with Gasteiger partial charge in [0, 0.05) is 17.7 Å². The zero-order chi connectivity index (χ0) is 18.3. The zero-order valence-corrected chi connectivity index (χ0v) is 14.4. The van der Waals surface area contributed by atoms with Crippen LogP contribution in [-0.2, 0) is 0 Å². The van der Waals surface area contributed by atoms with Gasteiger partial charge in [0.25, 0.3) is 0 Å². The van der Waals surface area contributed by atoms with Gasteiger partial charge in [0.2, 0.25) is 10.9 Å². The number of hydrazine groups is 1. The number of amidine groups is 1. The number of hydrogen-bond acceptors (Lipinski definition) is 9. The number of hydrazone groups is 1. The van der Waals surface area contributed by atoms with Crippen LogP contribution in [0.15, 0.2) is 59.0 Å². The largest absolute Gasteiger partial charge is 0.612 e. The van der Waals surface area contributed by atoms with Crippen LogP contribution in [0.5, 0.6) is 11.5 Å². The average Bonchev–Trinajstić information content (AvgIpc) is 3.23. The van der Waals surface area contributed by atoms with Crippen molar-refractivity contribution in [2.45, 2.75) is 5.37 Å². The molecule has 0 radical (unpaired) electrons. The van der Waals surface area contributed by atoms with Crippen molar-refractivity contribution in [3.05, 3.63) is 69.9 Å². The fourth-order valence-corrected chi connectivity index (χ4v) is 3.68. The SMILES string of the molecule is COc1cc([C@H]2NN3C(=NNC3=C3C=CC(=[N+]([O-])[O-])C=C3)S2)ccc1O. The maximum Gasteiger partial charge on any atom is 0.222 e. The van der Waals surface area contributed by atoms with E-state index < -0.39 is 4.90 Å². The predicted molar refractivity (Wildman–Crippen MR) is 97.8 cm³/mol. The van der Waals surface area contributed by atoms with Crippen molar-refractivity contribution in [3.63, 3.8) is 0 Å². The molecule has 2 aliphatic heterocycles. The Morgan fingerprint density at radius 3 is 2.73 bits per heavy atom. The third kappa shape index (κ3) is 2.74. The van der Waals surface area contributed by atoms with E-state index in [4.69, 9.17) is 4.74 Å². The number of thioether (sulfide) groups is 1. The van der Waals surface area contributed by atoms with Gasteiger partial charge in [0.1, 0.15) is 5.37 Å². The molecule has 2 heterocycles. The van der Waals surface area contributed by atoms with E-state index in [0.717, 1.165) is 16.3 Å². The lowest BCUT2D eigenvalue weighted by atomic mass is 10.1. The smallest absolute Gasteiger partial charge is 0.222 e. The van der Waals surface area contributed by atoms with Gasteiger partial charge in [-0.15, -0.1) is 5.10 Å². The second-order valence-corrected chi connectivity index (χ2v) is 6.62. The van der Waals surface area contributed by atoms with Crippen LogP contribution in [0.25, 0.3) is 0 Å². The van der Waals surface area contributed by atoms with Crippen LogP contribution in [0.3, 0.4) is 0 Å². The molecule has 0 spiro atoms. The first kappa shape index (κ1) is 16.4. The van der Waals surface area contributed by atoms with Gasteiger partial charge in [0.05, 0.1) is 7.11 Å². The summed E-state index contributed by atoms with van der Waals surface area (Å²) in [6, 6.07) is 5.16. The number of rotatable bonds is 2. The van der Waals surface area contributed by atoms with Gasteiger partial charge in [-0.25, -0.2) is 10.4 Å². The van der Waals surface area contributed by atoms with Crippen molar-refractivity contribution in [1.82, 2.24) is 15.9 Å². The Labute approximate surface area is 152 Å².